The summed E-state index contributed by atoms with van der Waals surface area (Å²) in [4.78, 5) is 22.0. The third-order valence-corrected chi connectivity index (χ3v) is 2.15. The highest BCUT2D eigenvalue weighted by Gasteiger charge is 2.14. The first-order chi connectivity index (χ1) is 8.22. The van der Waals surface area contributed by atoms with Crippen LogP contribution in [0.2, 0.25) is 0 Å². The van der Waals surface area contributed by atoms with Crippen LogP contribution in [0.5, 0.6) is 5.75 Å². The highest BCUT2D eigenvalue weighted by molar-refractivity contribution is 6.18. The Morgan fingerprint density at radius 2 is 2.24 bits per heavy atom. The second-order valence-electron chi connectivity index (χ2n) is 3.02. The monoisotopic (exact) mass is 257 g/mol. The van der Waals surface area contributed by atoms with Crippen LogP contribution in [0.1, 0.15) is 0 Å². The third-order valence-electron chi connectivity index (χ3n) is 1.98. The van der Waals surface area contributed by atoms with Gasteiger partial charge < -0.3 is 10.1 Å². The molecule has 1 aromatic carbocycles. The Bertz CT molecular complexity index is 400. The highest BCUT2D eigenvalue weighted by Crippen LogP contribution is 2.23. The molecule has 0 saturated heterocycles. The number of methoxy groups -OCH3 is 1. The van der Waals surface area contributed by atoms with Gasteiger partial charge in [0, 0.05) is 5.88 Å². The standard InChI is InChI=1S/C10H12ClN3O3/c1-17-9-5-3-2-4-8(9)12-10(15)14(13-16)7-6-11/h2-5H,6-7H2,1H3,(H,12,15). The van der Waals surface area contributed by atoms with Crippen molar-refractivity contribution in [3.8, 4) is 5.75 Å². The van der Waals surface area contributed by atoms with Crippen molar-refractivity contribution in [2.24, 2.45) is 5.29 Å². The summed E-state index contributed by atoms with van der Waals surface area (Å²) in [7, 11) is 1.49. The average molecular weight is 258 g/mol. The molecule has 0 atom stereocenters. The maximum Gasteiger partial charge on any atom is 0.344 e. The first-order valence-electron chi connectivity index (χ1n) is 4.83. The fraction of sp³-hybridized carbons (Fsp3) is 0.300. The van der Waals surface area contributed by atoms with Gasteiger partial charge in [-0.3, -0.25) is 0 Å². The molecular weight excluding hydrogens is 246 g/mol. The zero-order valence-corrected chi connectivity index (χ0v) is 9.98. The molecule has 0 aliphatic heterocycles. The summed E-state index contributed by atoms with van der Waals surface area (Å²) in [6, 6.07) is 6.20. The van der Waals surface area contributed by atoms with E-state index >= 15 is 0 Å². The molecule has 0 bridgehead atoms. The lowest BCUT2D eigenvalue weighted by Gasteiger charge is -2.14. The van der Waals surface area contributed by atoms with E-state index in [-0.39, 0.29) is 12.4 Å². The SMILES string of the molecule is COc1ccccc1NC(=O)N(CCCl)N=O. The van der Waals surface area contributed by atoms with Gasteiger partial charge >= 0.3 is 6.03 Å². The predicted molar refractivity (Wildman–Crippen MR) is 65.2 cm³/mol. The number of rotatable bonds is 5. The van der Waals surface area contributed by atoms with Crippen LogP contribution in [-0.4, -0.2) is 30.6 Å². The lowest BCUT2D eigenvalue weighted by Crippen LogP contribution is -2.31. The number of hydrogen-bond donors (Lipinski definition) is 1. The first kappa shape index (κ1) is 13.2. The maximum absolute atomic E-state index is 11.6. The van der Waals surface area contributed by atoms with Gasteiger partial charge in [0.1, 0.15) is 5.75 Å². The second-order valence-corrected chi connectivity index (χ2v) is 3.40. The fourth-order valence-electron chi connectivity index (χ4n) is 1.19. The Morgan fingerprint density at radius 1 is 1.53 bits per heavy atom. The van der Waals surface area contributed by atoms with Crippen molar-refractivity contribution in [1.29, 1.82) is 0 Å². The number of alkyl halides is 1. The van der Waals surface area contributed by atoms with Crippen LogP contribution in [0.25, 0.3) is 0 Å². The number of benzene rings is 1. The zero-order chi connectivity index (χ0) is 12.7. The number of nitroso groups, excluding NO2 is 1. The Morgan fingerprint density at radius 3 is 2.82 bits per heavy atom. The van der Waals surface area contributed by atoms with E-state index in [4.69, 9.17) is 16.3 Å². The van der Waals surface area contributed by atoms with Crippen molar-refractivity contribution in [2.45, 2.75) is 0 Å². The normalized spacial score (nSPS) is 9.53. The Balaban J connectivity index is 2.76. The number of halogens is 1. The molecule has 0 aliphatic rings. The van der Waals surface area contributed by atoms with E-state index in [2.05, 4.69) is 10.6 Å². The van der Waals surface area contributed by atoms with Crippen LogP contribution in [0.4, 0.5) is 10.5 Å². The summed E-state index contributed by atoms with van der Waals surface area (Å²) in [6.07, 6.45) is 0. The molecule has 0 unspecified atom stereocenters. The van der Waals surface area contributed by atoms with Crippen LogP contribution in [0.15, 0.2) is 29.6 Å². The molecule has 6 nitrogen and oxygen atoms in total. The van der Waals surface area contributed by atoms with E-state index < -0.39 is 6.03 Å². The van der Waals surface area contributed by atoms with Gasteiger partial charge in [0.2, 0.25) is 0 Å². The third kappa shape index (κ3) is 3.60. The molecule has 0 radical (unpaired) electrons. The van der Waals surface area contributed by atoms with Crippen LogP contribution in [-0.2, 0) is 0 Å². The molecule has 92 valence electrons. The van der Waals surface area contributed by atoms with Gasteiger partial charge in [0.05, 0.1) is 24.6 Å². The average Bonchev–Trinajstić information content (AvgIpc) is 2.36. The molecule has 2 amide bonds. The topological polar surface area (TPSA) is 71.0 Å². The Hall–Kier alpha value is -1.82. The quantitative estimate of drug-likeness (QED) is 0.500. The summed E-state index contributed by atoms with van der Waals surface area (Å²) in [6.45, 7) is 0.0477. The smallest absolute Gasteiger partial charge is 0.344 e. The first-order valence-corrected chi connectivity index (χ1v) is 5.37. The minimum Gasteiger partial charge on any atom is -0.495 e. The van der Waals surface area contributed by atoms with Gasteiger partial charge in [0.25, 0.3) is 0 Å². The largest absolute Gasteiger partial charge is 0.495 e. The number of nitrogens with one attached hydrogen (secondary N) is 1. The van der Waals surface area contributed by atoms with Gasteiger partial charge in [-0.1, -0.05) is 12.1 Å². The number of carbonyl (C=O) groups is 1. The van der Waals surface area contributed by atoms with Crippen molar-refractivity contribution >= 4 is 23.3 Å². The van der Waals surface area contributed by atoms with Crippen molar-refractivity contribution < 1.29 is 9.53 Å². The van der Waals surface area contributed by atoms with Crippen molar-refractivity contribution in [3.63, 3.8) is 0 Å². The number of hydrogen-bond acceptors (Lipinski definition) is 4. The van der Waals surface area contributed by atoms with Crippen LogP contribution >= 0.6 is 11.6 Å². The lowest BCUT2D eigenvalue weighted by atomic mass is 10.3. The van der Waals surface area contributed by atoms with Crippen molar-refractivity contribution in [2.75, 3.05) is 24.9 Å². The summed E-state index contributed by atoms with van der Waals surface area (Å²) < 4.78 is 5.05. The van der Waals surface area contributed by atoms with Gasteiger partial charge in [0.15, 0.2) is 0 Å². The van der Waals surface area contributed by atoms with E-state index in [0.29, 0.717) is 16.4 Å². The Labute approximate surface area is 103 Å². The molecule has 0 spiro atoms. The van der Waals surface area contributed by atoms with E-state index in [9.17, 15) is 9.70 Å². The molecule has 17 heavy (non-hydrogen) atoms. The summed E-state index contributed by atoms with van der Waals surface area (Å²) in [5.74, 6) is 0.628. The van der Waals surface area contributed by atoms with Crippen LogP contribution in [0.3, 0.4) is 0 Å². The highest BCUT2D eigenvalue weighted by atomic mass is 35.5. The van der Waals surface area contributed by atoms with E-state index in [1.807, 2.05) is 0 Å². The second kappa shape index (κ2) is 6.70. The number of para-hydroxylation sites is 2. The van der Waals surface area contributed by atoms with Gasteiger partial charge in [-0.05, 0) is 12.1 Å². The Kier molecular flexibility index (Phi) is 5.22. The van der Waals surface area contributed by atoms with E-state index in [1.165, 1.54) is 7.11 Å². The summed E-state index contributed by atoms with van der Waals surface area (Å²) in [5, 5.41) is 5.79. The number of anilines is 1. The molecule has 0 heterocycles. The van der Waals surface area contributed by atoms with Crippen molar-refractivity contribution in [3.05, 3.63) is 29.2 Å². The number of ether oxygens (including phenoxy) is 1. The number of urea groups is 1. The number of carbonyl (C=O) groups excluding carboxylic acids is 1. The maximum atomic E-state index is 11.6. The lowest BCUT2D eigenvalue weighted by molar-refractivity contribution is 0.216. The van der Waals surface area contributed by atoms with Crippen LogP contribution in [0, 0.1) is 4.91 Å². The fourth-order valence-corrected chi connectivity index (χ4v) is 1.35. The number of amides is 2. The molecule has 1 rings (SSSR count). The van der Waals surface area contributed by atoms with E-state index in [1.54, 1.807) is 24.3 Å². The molecule has 0 aromatic heterocycles. The predicted octanol–water partition coefficient (Wildman–Crippen LogP) is 2.45. The van der Waals surface area contributed by atoms with Crippen molar-refractivity contribution in [1.82, 2.24) is 5.01 Å². The summed E-state index contributed by atoms with van der Waals surface area (Å²) >= 11 is 5.44. The summed E-state index contributed by atoms with van der Waals surface area (Å²) in [5.41, 5.74) is 0.461. The molecule has 1 aromatic rings. The van der Waals surface area contributed by atoms with Gasteiger partial charge in [-0.25, -0.2) is 4.79 Å². The molecule has 0 aliphatic carbocycles. The number of nitrogens with zero attached hydrogens (tertiary/aromatic N) is 2. The molecule has 1 N–H and O–H groups in total. The zero-order valence-electron chi connectivity index (χ0n) is 9.22. The van der Waals surface area contributed by atoms with E-state index in [0.717, 1.165) is 0 Å². The van der Waals surface area contributed by atoms with Crippen LogP contribution < -0.4 is 10.1 Å². The molecule has 0 saturated carbocycles. The van der Waals surface area contributed by atoms with Gasteiger partial charge in [-0.2, -0.15) is 5.01 Å². The molecular formula is C10H12ClN3O3. The minimum atomic E-state index is -0.648. The van der Waals surface area contributed by atoms with Gasteiger partial charge in [-0.15, -0.1) is 16.5 Å². The molecule has 7 heteroatoms. The molecule has 0 fully saturated rings. The minimum absolute atomic E-state index is 0.0477.